The second-order valence-corrected chi connectivity index (χ2v) is 7.87. The summed E-state index contributed by atoms with van der Waals surface area (Å²) in [5.41, 5.74) is 3.25. The molecule has 3 aromatic rings. The number of rotatable bonds is 9. The Hall–Kier alpha value is -4.33. The quantitative estimate of drug-likeness (QED) is 0.453. The topological polar surface area (TPSA) is 103 Å². The van der Waals surface area contributed by atoms with Gasteiger partial charge in [-0.25, -0.2) is 0 Å². The summed E-state index contributed by atoms with van der Waals surface area (Å²) in [7, 11) is 2.95. The van der Waals surface area contributed by atoms with Crippen LogP contribution in [0.2, 0.25) is 0 Å². The molecule has 0 radical (unpaired) electrons. The monoisotopic (exact) mass is 476 g/mol. The van der Waals surface area contributed by atoms with Crippen LogP contribution in [0.25, 0.3) is 0 Å². The molecule has 0 aromatic heterocycles. The van der Waals surface area contributed by atoms with Crippen molar-refractivity contribution in [3.05, 3.63) is 89.0 Å². The average molecular weight is 477 g/mol. The van der Waals surface area contributed by atoms with Gasteiger partial charge in [0.25, 0.3) is 11.8 Å². The molecule has 0 heterocycles. The Morgan fingerprint density at radius 1 is 0.857 bits per heavy atom. The summed E-state index contributed by atoms with van der Waals surface area (Å²) in [6.07, 6.45) is -1.20. The van der Waals surface area contributed by atoms with Gasteiger partial charge in [0.15, 0.2) is 0 Å². The Bertz CT molecular complexity index is 1190. The van der Waals surface area contributed by atoms with E-state index < -0.39 is 30.4 Å². The highest BCUT2D eigenvalue weighted by molar-refractivity contribution is 5.98. The molecule has 35 heavy (non-hydrogen) atoms. The number of methoxy groups -OCH3 is 2. The van der Waals surface area contributed by atoms with Crippen molar-refractivity contribution in [3.8, 4) is 11.5 Å². The maximum Gasteiger partial charge on any atom is 0.326 e. The molecule has 182 valence electrons. The van der Waals surface area contributed by atoms with Crippen LogP contribution in [-0.2, 0) is 14.3 Å². The van der Waals surface area contributed by atoms with Crippen LogP contribution in [0.5, 0.6) is 11.5 Å². The molecule has 2 N–H and O–H groups in total. The van der Waals surface area contributed by atoms with Crippen LogP contribution >= 0.6 is 0 Å². The first-order chi connectivity index (χ1) is 16.8. The summed E-state index contributed by atoms with van der Waals surface area (Å²) in [5.74, 6) is -0.913. The molecule has 8 heteroatoms. The van der Waals surface area contributed by atoms with E-state index >= 15 is 0 Å². The zero-order valence-electron chi connectivity index (χ0n) is 20.1. The lowest BCUT2D eigenvalue weighted by Crippen LogP contribution is -2.33. The molecule has 0 aliphatic rings. The van der Waals surface area contributed by atoms with E-state index in [0.717, 1.165) is 11.1 Å². The summed E-state index contributed by atoms with van der Waals surface area (Å²) in [6.45, 7) is 3.37. The van der Waals surface area contributed by atoms with Gasteiger partial charge in [0.2, 0.25) is 6.10 Å². The fraction of sp³-hybridized carbons (Fsp3) is 0.222. The molecule has 0 spiro atoms. The highest BCUT2D eigenvalue weighted by atomic mass is 16.5. The third-order valence-corrected chi connectivity index (χ3v) is 5.25. The summed E-state index contributed by atoms with van der Waals surface area (Å²) < 4.78 is 15.8. The lowest BCUT2D eigenvalue weighted by atomic mass is 10.1. The van der Waals surface area contributed by atoms with Gasteiger partial charge in [-0.3, -0.25) is 14.4 Å². The minimum Gasteiger partial charge on any atom is -0.497 e. The van der Waals surface area contributed by atoms with Crippen LogP contribution in [0, 0.1) is 13.8 Å². The Morgan fingerprint density at radius 2 is 1.51 bits per heavy atom. The standard InChI is InChI=1S/C27H28N2O6/c1-17-10-11-18(2)23(12-17)29-27(32)25(19-8-6-5-7-9-19)35-24(30)16-28-26(31)20-13-21(33-3)15-22(14-20)34-4/h5-15,25H,16H2,1-4H3,(H,28,31)(H,29,32). The van der Waals surface area contributed by atoms with Crippen molar-refractivity contribution in [1.82, 2.24) is 5.32 Å². The number of carbonyl (C=O) groups is 3. The fourth-order valence-electron chi connectivity index (χ4n) is 3.34. The van der Waals surface area contributed by atoms with Crippen molar-refractivity contribution in [3.63, 3.8) is 0 Å². The van der Waals surface area contributed by atoms with Crippen LogP contribution in [0.3, 0.4) is 0 Å². The van der Waals surface area contributed by atoms with Gasteiger partial charge in [-0.15, -0.1) is 0 Å². The average Bonchev–Trinajstić information content (AvgIpc) is 2.87. The van der Waals surface area contributed by atoms with Crippen LogP contribution in [0.4, 0.5) is 5.69 Å². The Labute approximate surface area is 204 Å². The minimum absolute atomic E-state index is 0.251. The molecule has 8 nitrogen and oxygen atoms in total. The van der Waals surface area contributed by atoms with Gasteiger partial charge in [0, 0.05) is 22.9 Å². The molecule has 1 unspecified atom stereocenters. The number of hydrogen-bond acceptors (Lipinski definition) is 6. The number of nitrogens with one attached hydrogen (secondary N) is 2. The Balaban J connectivity index is 1.71. The summed E-state index contributed by atoms with van der Waals surface area (Å²) in [5, 5.41) is 5.35. The zero-order chi connectivity index (χ0) is 25.4. The third-order valence-electron chi connectivity index (χ3n) is 5.25. The smallest absolute Gasteiger partial charge is 0.326 e. The van der Waals surface area contributed by atoms with Gasteiger partial charge in [-0.1, -0.05) is 42.5 Å². The number of benzene rings is 3. The molecule has 3 rings (SSSR count). The van der Waals surface area contributed by atoms with Crippen LogP contribution in [-0.4, -0.2) is 38.5 Å². The number of esters is 1. The molecule has 0 saturated carbocycles. The second kappa shape index (κ2) is 11.7. The molecular weight excluding hydrogens is 448 g/mol. The zero-order valence-corrected chi connectivity index (χ0v) is 20.1. The first-order valence-electron chi connectivity index (χ1n) is 10.9. The number of ether oxygens (including phenoxy) is 3. The first kappa shape index (κ1) is 25.3. The minimum atomic E-state index is -1.20. The van der Waals surface area contributed by atoms with Gasteiger partial charge in [-0.2, -0.15) is 0 Å². The number of amides is 2. The maximum atomic E-state index is 13.1. The van der Waals surface area contributed by atoms with Gasteiger partial charge in [0.05, 0.1) is 14.2 Å². The fourth-order valence-corrected chi connectivity index (χ4v) is 3.34. The van der Waals surface area contributed by atoms with Gasteiger partial charge < -0.3 is 24.8 Å². The summed E-state index contributed by atoms with van der Waals surface area (Å²) >= 11 is 0. The highest BCUT2D eigenvalue weighted by Gasteiger charge is 2.26. The van der Waals surface area contributed by atoms with E-state index in [4.69, 9.17) is 14.2 Å². The predicted molar refractivity (Wildman–Crippen MR) is 132 cm³/mol. The number of aryl methyl sites for hydroxylation is 2. The molecule has 0 fully saturated rings. The predicted octanol–water partition coefficient (Wildman–Crippen LogP) is 3.97. The number of carbonyl (C=O) groups excluding carboxylic acids is 3. The van der Waals surface area contributed by atoms with Crippen molar-refractivity contribution >= 4 is 23.5 Å². The number of hydrogen-bond donors (Lipinski definition) is 2. The molecule has 1 atom stereocenters. The van der Waals surface area contributed by atoms with E-state index in [1.54, 1.807) is 36.4 Å². The molecular formula is C27H28N2O6. The van der Waals surface area contributed by atoms with Crippen molar-refractivity contribution in [2.75, 3.05) is 26.1 Å². The van der Waals surface area contributed by atoms with E-state index in [0.29, 0.717) is 22.7 Å². The molecule has 3 aromatic carbocycles. The van der Waals surface area contributed by atoms with Gasteiger partial charge in [0.1, 0.15) is 18.0 Å². The third kappa shape index (κ3) is 6.83. The van der Waals surface area contributed by atoms with Crippen LogP contribution in [0.1, 0.15) is 33.2 Å². The van der Waals surface area contributed by atoms with E-state index in [2.05, 4.69) is 10.6 Å². The Kier molecular flexibility index (Phi) is 8.45. The summed E-state index contributed by atoms with van der Waals surface area (Å²) in [4.78, 5) is 38.3. The van der Waals surface area contributed by atoms with Crippen LogP contribution < -0.4 is 20.1 Å². The van der Waals surface area contributed by atoms with Crippen molar-refractivity contribution in [1.29, 1.82) is 0 Å². The van der Waals surface area contributed by atoms with E-state index in [-0.39, 0.29) is 5.56 Å². The summed E-state index contributed by atoms with van der Waals surface area (Å²) in [6, 6.07) is 19.1. The normalized spacial score (nSPS) is 11.2. The second-order valence-electron chi connectivity index (χ2n) is 7.87. The SMILES string of the molecule is COc1cc(OC)cc(C(=O)NCC(=O)OC(C(=O)Nc2cc(C)ccc2C)c2ccccc2)c1. The van der Waals surface area contributed by atoms with Gasteiger partial charge in [-0.05, 0) is 43.2 Å². The molecule has 0 bridgehead atoms. The maximum absolute atomic E-state index is 13.1. The largest absolute Gasteiger partial charge is 0.497 e. The van der Waals surface area contributed by atoms with E-state index in [1.807, 2.05) is 32.0 Å². The Morgan fingerprint density at radius 3 is 2.14 bits per heavy atom. The molecule has 2 amide bonds. The van der Waals surface area contributed by atoms with Gasteiger partial charge >= 0.3 is 5.97 Å². The van der Waals surface area contributed by atoms with Crippen molar-refractivity contribution in [2.45, 2.75) is 20.0 Å². The highest BCUT2D eigenvalue weighted by Crippen LogP contribution is 2.24. The van der Waals surface area contributed by atoms with E-state index in [9.17, 15) is 14.4 Å². The first-order valence-corrected chi connectivity index (χ1v) is 10.9. The van der Waals surface area contributed by atoms with Crippen molar-refractivity contribution < 1.29 is 28.6 Å². The molecule has 0 aliphatic heterocycles. The van der Waals surface area contributed by atoms with Crippen molar-refractivity contribution in [2.24, 2.45) is 0 Å². The lowest BCUT2D eigenvalue weighted by Gasteiger charge is -2.19. The molecule has 0 aliphatic carbocycles. The van der Waals surface area contributed by atoms with Crippen LogP contribution in [0.15, 0.2) is 66.7 Å². The molecule has 0 saturated heterocycles. The number of anilines is 1. The van der Waals surface area contributed by atoms with E-state index in [1.165, 1.54) is 26.4 Å². The lowest BCUT2D eigenvalue weighted by molar-refractivity contribution is -0.153.